The second-order valence-electron chi connectivity index (χ2n) is 7.26. The van der Waals surface area contributed by atoms with E-state index in [4.69, 9.17) is 34.8 Å². The second kappa shape index (κ2) is 9.27. The average Bonchev–Trinajstić information content (AvgIpc) is 3.01. The first-order chi connectivity index (χ1) is 15.7. The highest BCUT2D eigenvalue weighted by Crippen LogP contribution is 2.33. The van der Waals surface area contributed by atoms with Crippen LogP contribution in [0.2, 0.25) is 10.0 Å². The van der Waals surface area contributed by atoms with Crippen molar-refractivity contribution < 1.29 is 14.4 Å². The van der Waals surface area contributed by atoms with Gasteiger partial charge in [-0.1, -0.05) is 52.5 Å². The van der Waals surface area contributed by atoms with Gasteiger partial charge in [0.25, 0.3) is 17.7 Å². The highest BCUT2D eigenvalue weighted by Gasteiger charge is 2.39. The Bertz CT molecular complexity index is 1300. The van der Waals surface area contributed by atoms with Gasteiger partial charge in [0.15, 0.2) is 0 Å². The molecule has 0 radical (unpaired) electrons. The number of carbonyl (C=O) groups is 3. The molecule has 1 aliphatic rings. The molecular weight excluding hydrogens is 485 g/mol. The number of carbonyl (C=O) groups excluding carboxylic acids is 3. The van der Waals surface area contributed by atoms with Gasteiger partial charge in [0.05, 0.1) is 15.7 Å². The van der Waals surface area contributed by atoms with Crippen LogP contribution in [0.1, 0.15) is 15.9 Å². The molecule has 9 heteroatoms. The van der Waals surface area contributed by atoms with Gasteiger partial charge >= 0.3 is 0 Å². The highest BCUT2D eigenvalue weighted by molar-refractivity contribution is 6.53. The third-order valence-corrected chi connectivity index (χ3v) is 6.00. The van der Waals surface area contributed by atoms with Gasteiger partial charge in [0, 0.05) is 16.9 Å². The molecule has 0 fully saturated rings. The number of nitrogens with zero attached hydrogens (tertiary/aromatic N) is 1. The minimum Gasteiger partial charge on any atom is -0.350 e. The number of amides is 3. The molecule has 0 unspecified atom stereocenters. The van der Waals surface area contributed by atoms with Gasteiger partial charge < -0.3 is 10.6 Å². The number of rotatable bonds is 5. The molecule has 3 aromatic rings. The monoisotopic (exact) mass is 499 g/mol. The quantitative estimate of drug-likeness (QED) is 0.422. The molecule has 0 atom stereocenters. The molecule has 0 saturated heterocycles. The number of anilines is 3. The predicted octanol–water partition coefficient (Wildman–Crippen LogP) is 5.99. The molecule has 3 amide bonds. The van der Waals surface area contributed by atoms with E-state index >= 15 is 0 Å². The molecule has 33 heavy (non-hydrogen) atoms. The normalized spacial score (nSPS) is 13.5. The van der Waals surface area contributed by atoms with Crippen molar-refractivity contribution in [3.8, 4) is 0 Å². The van der Waals surface area contributed by atoms with Crippen LogP contribution in [0.15, 0.2) is 77.5 Å². The highest BCUT2D eigenvalue weighted by atomic mass is 35.5. The van der Waals surface area contributed by atoms with E-state index in [-0.39, 0.29) is 27.3 Å². The molecule has 166 valence electrons. The summed E-state index contributed by atoms with van der Waals surface area (Å²) in [6.07, 6.45) is 0. The maximum atomic E-state index is 12.9. The van der Waals surface area contributed by atoms with E-state index < -0.39 is 11.8 Å². The van der Waals surface area contributed by atoms with Crippen molar-refractivity contribution in [2.24, 2.45) is 0 Å². The Hall–Kier alpha value is -3.32. The molecule has 2 N–H and O–H groups in total. The fourth-order valence-corrected chi connectivity index (χ4v) is 3.66. The van der Waals surface area contributed by atoms with Crippen LogP contribution in [0, 0.1) is 6.92 Å². The first-order valence-electron chi connectivity index (χ1n) is 9.73. The lowest BCUT2D eigenvalue weighted by Gasteiger charge is -2.15. The Morgan fingerprint density at radius 2 is 1.42 bits per heavy atom. The van der Waals surface area contributed by atoms with Gasteiger partial charge in [-0.2, -0.15) is 0 Å². The van der Waals surface area contributed by atoms with E-state index in [1.54, 1.807) is 24.3 Å². The molecule has 0 spiro atoms. The minimum absolute atomic E-state index is 0.0791. The third-order valence-electron chi connectivity index (χ3n) is 4.91. The van der Waals surface area contributed by atoms with Gasteiger partial charge in [-0.05, 0) is 61.5 Å². The molecule has 1 heterocycles. The maximum absolute atomic E-state index is 12.9. The Kier molecular flexibility index (Phi) is 6.42. The Morgan fingerprint density at radius 1 is 0.788 bits per heavy atom. The molecule has 3 aromatic carbocycles. The number of aryl methyl sites for hydroxylation is 1. The van der Waals surface area contributed by atoms with Crippen molar-refractivity contribution in [1.82, 2.24) is 0 Å². The molecular formula is C24H16Cl3N3O3. The number of hydrogen-bond acceptors (Lipinski definition) is 4. The molecule has 0 saturated carbocycles. The van der Waals surface area contributed by atoms with Gasteiger partial charge in [0.1, 0.15) is 10.7 Å². The average molecular weight is 501 g/mol. The summed E-state index contributed by atoms with van der Waals surface area (Å²) in [6.45, 7) is 1.96. The van der Waals surface area contributed by atoms with Crippen molar-refractivity contribution >= 4 is 69.6 Å². The van der Waals surface area contributed by atoms with Crippen LogP contribution in [0.5, 0.6) is 0 Å². The summed E-state index contributed by atoms with van der Waals surface area (Å²) in [5.74, 6) is -1.60. The number of benzene rings is 3. The molecule has 1 aliphatic heterocycles. The number of halogens is 3. The summed E-state index contributed by atoms with van der Waals surface area (Å²) in [4.78, 5) is 38.9. The third kappa shape index (κ3) is 4.73. The van der Waals surface area contributed by atoms with E-state index in [1.165, 1.54) is 18.2 Å². The van der Waals surface area contributed by atoms with Crippen LogP contribution in [0.3, 0.4) is 0 Å². The van der Waals surface area contributed by atoms with E-state index in [0.29, 0.717) is 22.0 Å². The maximum Gasteiger partial charge on any atom is 0.283 e. The SMILES string of the molecule is Cc1ccc(NC(=O)c2ccc(NC3=C(Cl)C(=O)N(c4ccc(Cl)c(Cl)c4)C3=O)cc2)cc1. The zero-order valence-electron chi connectivity index (χ0n) is 17.2. The van der Waals surface area contributed by atoms with Crippen molar-refractivity contribution in [3.05, 3.63) is 98.6 Å². The number of nitrogens with one attached hydrogen (secondary N) is 2. The first kappa shape index (κ1) is 22.9. The summed E-state index contributed by atoms with van der Waals surface area (Å²) in [5.41, 5.74) is 2.85. The van der Waals surface area contributed by atoms with E-state index in [2.05, 4.69) is 10.6 Å². The van der Waals surface area contributed by atoms with Crippen LogP contribution in [0.25, 0.3) is 0 Å². The summed E-state index contributed by atoms with van der Waals surface area (Å²) >= 11 is 18.1. The van der Waals surface area contributed by atoms with E-state index in [0.717, 1.165) is 10.5 Å². The van der Waals surface area contributed by atoms with Crippen molar-refractivity contribution in [2.45, 2.75) is 6.92 Å². The summed E-state index contributed by atoms with van der Waals surface area (Å²) in [5, 5.41) is 5.92. The number of imide groups is 1. The minimum atomic E-state index is -0.684. The lowest BCUT2D eigenvalue weighted by Crippen LogP contribution is -2.32. The van der Waals surface area contributed by atoms with Crippen LogP contribution in [-0.2, 0) is 9.59 Å². The fraction of sp³-hybridized carbons (Fsp3) is 0.0417. The molecule has 0 aliphatic carbocycles. The lowest BCUT2D eigenvalue weighted by molar-refractivity contribution is -0.120. The smallest absolute Gasteiger partial charge is 0.283 e. The van der Waals surface area contributed by atoms with Crippen LogP contribution >= 0.6 is 34.8 Å². The zero-order chi connectivity index (χ0) is 23.7. The second-order valence-corrected chi connectivity index (χ2v) is 8.45. The first-order valence-corrected chi connectivity index (χ1v) is 10.9. The molecule has 0 aromatic heterocycles. The van der Waals surface area contributed by atoms with Crippen molar-refractivity contribution in [3.63, 3.8) is 0 Å². The van der Waals surface area contributed by atoms with Gasteiger partial charge in [-0.3, -0.25) is 14.4 Å². The van der Waals surface area contributed by atoms with E-state index in [9.17, 15) is 14.4 Å². The largest absolute Gasteiger partial charge is 0.350 e. The van der Waals surface area contributed by atoms with Gasteiger partial charge in [-0.15, -0.1) is 0 Å². The van der Waals surface area contributed by atoms with Crippen molar-refractivity contribution in [2.75, 3.05) is 15.5 Å². The van der Waals surface area contributed by atoms with Crippen LogP contribution < -0.4 is 15.5 Å². The van der Waals surface area contributed by atoms with Crippen molar-refractivity contribution in [1.29, 1.82) is 0 Å². The summed E-state index contributed by atoms with van der Waals surface area (Å²) in [6, 6.07) is 18.3. The van der Waals surface area contributed by atoms with Crippen LogP contribution in [0.4, 0.5) is 17.1 Å². The standard InChI is InChI=1S/C24H16Cl3N3O3/c1-13-2-6-16(7-3-13)29-22(31)14-4-8-15(9-5-14)28-21-20(27)23(32)30(24(21)33)17-10-11-18(25)19(26)12-17/h2-12,28H,1H3,(H,29,31). The molecule has 0 bridgehead atoms. The predicted molar refractivity (Wildman–Crippen MR) is 131 cm³/mol. The van der Waals surface area contributed by atoms with Crippen LogP contribution in [-0.4, -0.2) is 17.7 Å². The van der Waals surface area contributed by atoms with Gasteiger partial charge in [0.2, 0.25) is 0 Å². The lowest BCUT2D eigenvalue weighted by atomic mass is 10.1. The summed E-state index contributed by atoms with van der Waals surface area (Å²) < 4.78 is 0. The Balaban J connectivity index is 1.48. The summed E-state index contributed by atoms with van der Waals surface area (Å²) in [7, 11) is 0. The Morgan fingerprint density at radius 3 is 2.06 bits per heavy atom. The molecule has 4 rings (SSSR count). The zero-order valence-corrected chi connectivity index (χ0v) is 19.4. The topological polar surface area (TPSA) is 78.5 Å². The fourth-order valence-electron chi connectivity index (χ4n) is 3.16. The molecule has 6 nitrogen and oxygen atoms in total. The Labute approximate surface area is 204 Å². The van der Waals surface area contributed by atoms with Gasteiger partial charge in [-0.25, -0.2) is 4.90 Å². The number of hydrogen-bond donors (Lipinski definition) is 2. The van der Waals surface area contributed by atoms with E-state index in [1.807, 2.05) is 31.2 Å².